The van der Waals surface area contributed by atoms with Gasteiger partial charge in [0.2, 0.25) is 11.9 Å². The van der Waals surface area contributed by atoms with E-state index in [1.54, 1.807) is 6.07 Å². The number of aromatic nitrogens is 3. The Balaban J connectivity index is 1.62. The SMILES string of the molecule is CCC(C1CCCN1)N(CC1CCCCC1)c1nc(N)nc(Oc2ccc(OC)c(F)c2)n1. The summed E-state index contributed by atoms with van der Waals surface area (Å²) in [5, 5.41) is 3.65. The highest BCUT2D eigenvalue weighted by Gasteiger charge is 2.32. The maximum absolute atomic E-state index is 14.1. The van der Waals surface area contributed by atoms with Crippen LogP contribution < -0.4 is 25.4 Å². The van der Waals surface area contributed by atoms with E-state index in [0.717, 1.165) is 25.9 Å². The Morgan fingerprint density at radius 1 is 1.15 bits per heavy atom. The Morgan fingerprint density at radius 3 is 2.64 bits per heavy atom. The summed E-state index contributed by atoms with van der Waals surface area (Å²) in [5.74, 6) is 1.12. The molecule has 1 saturated heterocycles. The van der Waals surface area contributed by atoms with Crippen molar-refractivity contribution < 1.29 is 13.9 Å². The first-order chi connectivity index (χ1) is 16.1. The van der Waals surface area contributed by atoms with Gasteiger partial charge in [-0.3, -0.25) is 0 Å². The van der Waals surface area contributed by atoms with Gasteiger partial charge in [0.25, 0.3) is 0 Å². The Kier molecular flexibility index (Phi) is 7.80. The van der Waals surface area contributed by atoms with Crippen molar-refractivity contribution in [3.8, 4) is 17.5 Å². The molecule has 1 saturated carbocycles. The quantitative estimate of drug-likeness (QED) is 0.574. The number of nitrogens with zero attached hydrogens (tertiary/aromatic N) is 4. The third-order valence-corrected chi connectivity index (χ3v) is 6.77. The van der Waals surface area contributed by atoms with Crippen LogP contribution in [0.2, 0.25) is 0 Å². The monoisotopic (exact) mass is 458 g/mol. The van der Waals surface area contributed by atoms with Crippen molar-refractivity contribution in [2.45, 2.75) is 70.4 Å². The molecule has 0 bridgehead atoms. The molecule has 2 atom stereocenters. The molecule has 2 aliphatic rings. The van der Waals surface area contributed by atoms with Gasteiger partial charge in [-0.2, -0.15) is 15.0 Å². The molecule has 2 aromatic rings. The van der Waals surface area contributed by atoms with E-state index in [0.29, 0.717) is 17.9 Å². The Labute approximate surface area is 195 Å². The molecular weight excluding hydrogens is 423 g/mol. The van der Waals surface area contributed by atoms with Crippen LogP contribution in [-0.2, 0) is 0 Å². The van der Waals surface area contributed by atoms with Gasteiger partial charge in [0.15, 0.2) is 11.6 Å². The highest BCUT2D eigenvalue weighted by atomic mass is 19.1. The number of rotatable bonds is 9. The maximum Gasteiger partial charge on any atom is 0.328 e. The van der Waals surface area contributed by atoms with Gasteiger partial charge in [-0.05, 0) is 56.7 Å². The van der Waals surface area contributed by atoms with Crippen LogP contribution in [0.25, 0.3) is 0 Å². The second kappa shape index (κ2) is 11.0. The average Bonchev–Trinajstić information content (AvgIpc) is 3.34. The smallest absolute Gasteiger partial charge is 0.328 e. The van der Waals surface area contributed by atoms with E-state index in [-0.39, 0.29) is 29.5 Å². The van der Waals surface area contributed by atoms with E-state index in [2.05, 4.69) is 32.1 Å². The topological polar surface area (TPSA) is 98.4 Å². The van der Waals surface area contributed by atoms with Gasteiger partial charge in [0.05, 0.1) is 7.11 Å². The zero-order chi connectivity index (χ0) is 23.2. The first-order valence-electron chi connectivity index (χ1n) is 12.1. The van der Waals surface area contributed by atoms with Crippen LogP contribution in [0.1, 0.15) is 58.3 Å². The standard InChI is InChI=1S/C24H35FN6O2/c1-3-20(19-10-7-13-27-19)31(15-16-8-5-4-6-9-16)23-28-22(26)29-24(30-23)33-17-11-12-21(32-2)18(25)14-17/h11-12,14,16,19-20,27H,3-10,13,15H2,1-2H3,(H2,26,28,29,30). The Morgan fingerprint density at radius 2 is 1.97 bits per heavy atom. The van der Waals surface area contributed by atoms with Gasteiger partial charge in [-0.25, -0.2) is 4.39 Å². The molecule has 2 unspecified atom stereocenters. The van der Waals surface area contributed by atoms with Crippen molar-refractivity contribution in [2.75, 3.05) is 30.8 Å². The van der Waals surface area contributed by atoms with Crippen molar-refractivity contribution in [1.29, 1.82) is 0 Å². The highest BCUT2D eigenvalue weighted by Crippen LogP contribution is 2.31. The van der Waals surface area contributed by atoms with Crippen molar-refractivity contribution in [2.24, 2.45) is 5.92 Å². The van der Waals surface area contributed by atoms with Crippen LogP contribution in [-0.4, -0.2) is 47.2 Å². The number of anilines is 2. The molecule has 180 valence electrons. The largest absolute Gasteiger partial charge is 0.494 e. The van der Waals surface area contributed by atoms with Crippen molar-refractivity contribution in [3.63, 3.8) is 0 Å². The molecule has 3 N–H and O–H groups in total. The molecule has 1 aromatic heterocycles. The number of hydrogen-bond acceptors (Lipinski definition) is 8. The highest BCUT2D eigenvalue weighted by molar-refractivity contribution is 5.40. The van der Waals surface area contributed by atoms with E-state index in [1.807, 2.05) is 0 Å². The first-order valence-corrected chi connectivity index (χ1v) is 12.1. The Bertz CT molecular complexity index is 918. The average molecular weight is 459 g/mol. The van der Waals surface area contributed by atoms with E-state index in [4.69, 9.17) is 15.2 Å². The van der Waals surface area contributed by atoms with Crippen molar-refractivity contribution in [1.82, 2.24) is 20.3 Å². The number of nitrogen functional groups attached to an aromatic ring is 1. The third-order valence-electron chi connectivity index (χ3n) is 6.77. The summed E-state index contributed by atoms with van der Waals surface area (Å²) in [4.78, 5) is 15.6. The predicted molar refractivity (Wildman–Crippen MR) is 126 cm³/mol. The van der Waals surface area contributed by atoms with Crippen LogP contribution in [0.3, 0.4) is 0 Å². The number of methoxy groups -OCH3 is 1. The van der Waals surface area contributed by atoms with Crippen LogP contribution in [0.4, 0.5) is 16.3 Å². The lowest BCUT2D eigenvalue weighted by atomic mass is 9.88. The summed E-state index contributed by atoms with van der Waals surface area (Å²) in [6.07, 6.45) is 9.58. The number of ether oxygens (including phenoxy) is 2. The lowest BCUT2D eigenvalue weighted by Gasteiger charge is -2.38. The summed E-state index contributed by atoms with van der Waals surface area (Å²) >= 11 is 0. The normalized spacial score (nSPS) is 19.9. The molecule has 1 aromatic carbocycles. The summed E-state index contributed by atoms with van der Waals surface area (Å²) < 4.78 is 24.9. The summed E-state index contributed by atoms with van der Waals surface area (Å²) in [5.41, 5.74) is 6.08. The predicted octanol–water partition coefficient (Wildman–Crippen LogP) is 4.31. The fourth-order valence-corrected chi connectivity index (χ4v) is 5.13. The summed E-state index contributed by atoms with van der Waals surface area (Å²) in [6, 6.07) is 5.06. The fourth-order valence-electron chi connectivity index (χ4n) is 5.13. The number of benzene rings is 1. The molecule has 9 heteroatoms. The first kappa shape index (κ1) is 23.5. The van der Waals surface area contributed by atoms with E-state index >= 15 is 0 Å². The minimum atomic E-state index is -0.519. The molecule has 4 rings (SSSR count). The lowest BCUT2D eigenvalue weighted by molar-refractivity contribution is 0.330. The van der Waals surface area contributed by atoms with Gasteiger partial charge >= 0.3 is 6.01 Å². The third kappa shape index (κ3) is 5.82. The van der Waals surface area contributed by atoms with Gasteiger partial charge < -0.3 is 25.4 Å². The second-order valence-corrected chi connectivity index (χ2v) is 9.01. The molecule has 1 aliphatic heterocycles. The number of halogens is 1. The van der Waals surface area contributed by atoms with Crippen LogP contribution in [0.5, 0.6) is 17.5 Å². The molecule has 0 radical (unpaired) electrons. The molecule has 2 heterocycles. The van der Waals surface area contributed by atoms with Gasteiger partial charge in [-0.1, -0.05) is 26.2 Å². The zero-order valence-corrected chi connectivity index (χ0v) is 19.6. The van der Waals surface area contributed by atoms with E-state index in [9.17, 15) is 4.39 Å². The second-order valence-electron chi connectivity index (χ2n) is 9.01. The summed E-state index contributed by atoms with van der Waals surface area (Å²) in [6.45, 7) is 4.13. The molecule has 2 fully saturated rings. The van der Waals surface area contributed by atoms with Crippen LogP contribution in [0, 0.1) is 11.7 Å². The Hall–Kier alpha value is -2.68. The zero-order valence-electron chi connectivity index (χ0n) is 19.6. The number of nitrogens with one attached hydrogen (secondary N) is 1. The minimum Gasteiger partial charge on any atom is -0.494 e. The fraction of sp³-hybridized carbons (Fsp3) is 0.625. The number of hydrogen-bond donors (Lipinski definition) is 2. The van der Waals surface area contributed by atoms with Gasteiger partial charge in [0, 0.05) is 24.7 Å². The maximum atomic E-state index is 14.1. The molecule has 33 heavy (non-hydrogen) atoms. The molecular formula is C24H35FN6O2. The summed E-state index contributed by atoms with van der Waals surface area (Å²) in [7, 11) is 1.42. The van der Waals surface area contributed by atoms with E-state index < -0.39 is 5.82 Å². The molecule has 0 amide bonds. The van der Waals surface area contributed by atoms with Crippen molar-refractivity contribution in [3.05, 3.63) is 24.0 Å². The molecule has 0 spiro atoms. The van der Waals surface area contributed by atoms with Crippen LogP contribution in [0.15, 0.2) is 18.2 Å². The van der Waals surface area contributed by atoms with Gasteiger partial charge in [-0.15, -0.1) is 0 Å². The molecule has 1 aliphatic carbocycles. The van der Waals surface area contributed by atoms with E-state index in [1.165, 1.54) is 57.8 Å². The van der Waals surface area contributed by atoms with Gasteiger partial charge in [0.1, 0.15) is 5.75 Å². The van der Waals surface area contributed by atoms with Crippen LogP contribution >= 0.6 is 0 Å². The number of nitrogens with two attached hydrogens (primary N) is 1. The molecule has 8 nitrogen and oxygen atoms in total. The lowest BCUT2D eigenvalue weighted by Crippen LogP contribution is -2.50. The minimum absolute atomic E-state index is 0.0601. The van der Waals surface area contributed by atoms with Crippen molar-refractivity contribution >= 4 is 11.9 Å².